The molecule has 9 heteroatoms. The highest BCUT2D eigenvalue weighted by Crippen LogP contribution is 2.53. The zero-order chi connectivity index (χ0) is 17.1. The van der Waals surface area contributed by atoms with Crippen molar-refractivity contribution >= 4 is 22.2 Å². The van der Waals surface area contributed by atoms with Crippen LogP contribution in [0.3, 0.4) is 0 Å². The first-order valence-electron chi connectivity index (χ1n) is 7.59. The molecule has 0 bridgehead atoms. The predicted molar refractivity (Wildman–Crippen MR) is 82.9 cm³/mol. The summed E-state index contributed by atoms with van der Waals surface area (Å²) in [6, 6.07) is 0. The number of imidazole rings is 1. The van der Waals surface area contributed by atoms with E-state index in [0.717, 1.165) is 21.4 Å². The van der Waals surface area contributed by atoms with Crippen LogP contribution < -0.4 is 0 Å². The standard InChI is InChI=1S/C15H16F2N4O2S/c1-8-11(21-14(18-8)24-12(19-21)7-23-2)6-20-5-9(3-13(20)22)10-4-15(10,16)17/h3,10H,4-7H2,1-2H3. The largest absolute Gasteiger partial charge is 0.377 e. The molecule has 1 aliphatic heterocycles. The number of alkyl halides is 2. The lowest BCUT2D eigenvalue weighted by Crippen LogP contribution is -2.27. The van der Waals surface area contributed by atoms with Gasteiger partial charge >= 0.3 is 0 Å². The van der Waals surface area contributed by atoms with E-state index >= 15 is 0 Å². The molecule has 6 nitrogen and oxygen atoms in total. The summed E-state index contributed by atoms with van der Waals surface area (Å²) in [5.41, 5.74) is 2.12. The second kappa shape index (κ2) is 5.32. The molecular weight excluding hydrogens is 338 g/mol. The Morgan fingerprint density at radius 2 is 2.25 bits per heavy atom. The maximum atomic E-state index is 13.2. The van der Waals surface area contributed by atoms with Gasteiger partial charge in [-0.1, -0.05) is 11.3 Å². The normalized spacial score (nSPS) is 22.5. The number of methoxy groups -OCH3 is 1. The topological polar surface area (TPSA) is 59.7 Å². The first kappa shape index (κ1) is 15.6. The first-order valence-corrected chi connectivity index (χ1v) is 8.41. The van der Waals surface area contributed by atoms with Crippen LogP contribution in [0.1, 0.15) is 22.8 Å². The van der Waals surface area contributed by atoms with Crippen LogP contribution in [0.2, 0.25) is 0 Å². The number of hydrogen-bond acceptors (Lipinski definition) is 5. The van der Waals surface area contributed by atoms with E-state index in [1.54, 1.807) is 16.5 Å². The summed E-state index contributed by atoms with van der Waals surface area (Å²) >= 11 is 1.43. The number of fused-ring (bicyclic) bond motifs is 1. The van der Waals surface area contributed by atoms with Crippen LogP contribution in [0.5, 0.6) is 0 Å². The minimum atomic E-state index is -2.65. The summed E-state index contributed by atoms with van der Waals surface area (Å²) in [4.78, 5) is 18.9. The van der Waals surface area contributed by atoms with Crippen LogP contribution in [-0.2, 0) is 22.7 Å². The molecule has 3 heterocycles. The number of aromatic nitrogens is 3. The number of hydrogen-bond donors (Lipinski definition) is 0. The van der Waals surface area contributed by atoms with Crippen LogP contribution in [0.4, 0.5) is 8.78 Å². The molecule has 1 atom stereocenters. The van der Waals surface area contributed by atoms with Gasteiger partial charge in [0.25, 0.3) is 5.92 Å². The molecule has 0 spiro atoms. The average molecular weight is 354 g/mol. The molecule has 2 aromatic heterocycles. The van der Waals surface area contributed by atoms with Crippen LogP contribution in [0.25, 0.3) is 4.96 Å². The summed E-state index contributed by atoms with van der Waals surface area (Å²) < 4.78 is 33.2. The molecule has 0 aromatic carbocycles. The number of rotatable bonds is 5. The first-order chi connectivity index (χ1) is 11.4. The summed E-state index contributed by atoms with van der Waals surface area (Å²) in [5.74, 6) is -3.65. The number of carbonyl (C=O) groups is 1. The fourth-order valence-electron chi connectivity index (χ4n) is 3.03. The highest BCUT2D eigenvalue weighted by molar-refractivity contribution is 7.16. The maximum absolute atomic E-state index is 13.2. The Morgan fingerprint density at radius 1 is 1.50 bits per heavy atom. The highest BCUT2D eigenvalue weighted by atomic mass is 32.1. The van der Waals surface area contributed by atoms with Crippen molar-refractivity contribution in [2.24, 2.45) is 5.92 Å². The molecular formula is C15H16F2N4O2S. The molecule has 1 amide bonds. The minimum absolute atomic E-state index is 0.150. The fraction of sp³-hybridized carbons (Fsp3) is 0.533. The van der Waals surface area contributed by atoms with Crippen LogP contribution in [0, 0.1) is 12.8 Å². The molecule has 1 saturated carbocycles. The molecule has 128 valence electrons. The van der Waals surface area contributed by atoms with E-state index in [0.29, 0.717) is 18.7 Å². The fourth-order valence-corrected chi connectivity index (χ4v) is 3.96. The van der Waals surface area contributed by atoms with Gasteiger partial charge in [-0.25, -0.2) is 18.3 Å². The van der Waals surface area contributed by atoms with Gasteiger partial charge < -0.3 is 9.64 Å². The van der Waals surface area contributed by atoms with Gasteiger partial charge in [0.05, 0.1) is 30.5 Å². The molecule has 2 aliphatic rings. The molecule has 4 rings (SSSR count). The molecule has 0 radical (unpaired) electrons. The van der Waals surface area contributed by atoms with Crippen molar-refractivity contribution in [3.05, 3.63) is 28.0 Å². The van der Waals surface area contributed by atoms with Crippen molar-refractivity contribution in [1.29, 1.82) is 0 Å². The lowest BCUT2D eigenvalue weighted by Gasteiger charge is -2.16. The van der Waals surface area contributed by atoms with Gasteiger partial charge in [0.15, 0.2) is 0 Å². The lowest BCUT2D eigenvalue weighted by molar-refractivity contribution is -0.125. The number of carbonyl (C=O) groups excluding carboxylic acids is 1. The van der Waals surface area contributed by atoms with Gasteiger partial charge in [-0.3, -0.25) is 4.79 Å². The van der Waals surface area contributed by atoms with Gasteiger partial charge in [-0.15, -0.1) is 0 Å². The summed E-state index contributed by atoms with van der Waals surface area (Å²) in [6.07, 6.45) is 1.21. The number of aryl methyl sites for hydroxylation is 1. The Hall–Kier alpha value is -1.87. The Bertz CT molecular complexity index is 857. The number of amides is 1. The van der Waals surface area contributed by atoms with Crippen molar-refractivity contribution in [1.82, 2.24) is 19.5 Å². The SMILES string of the molecule is COCc1nn2c(CN3CC(C4CC4(F)F)=CC3=O)c(C)nc2s1. The lowest BCUT2D eigenvalue weighted by atomic mass is 10.2. The Morgan fingerprint density at radius 3 is 2.92 bits per heavy atom. The molecule has 24 heavy (non-hydrogen) atoms. The summed E-state index contributed by atoms with van der Waals surface area (Å²) in [5, 5.41) is 5.25. The molecule has 1 fully saturated rings. The molecule has 1 aliphatic carbocycles. The molecule has 0 saturated heterocycles. The van der Waals surface area contributed by atoms with Crippen molar-refractivity contribution in [3.8, 4) is 0 Å². The van der Waals surface area contributed by atoms with E-state index in [1.807, 2.05) is 6.92 Å². The maximum Gasteiger partial charge on any atom is 0.255 e. The van der Waals surface area contributed by atoms with E-state index in [-0.39, 0.29) is 18.9 Å². The average Bonchev–Trinajstić information content (AvgIpc) is 2.79. The third-order valence-corrected chi connectivity index (χ3v) is 5.30. The zero-order valence-corrected chi connectivity index (χ0v) is 14.1. The van der Waals surface area contributed by atoms with Gasteiger partial charge in [0.2, 0.25) is 10.9 Å². The summed E-state index contributed by atoms with van der Waals surface area (Å²) in [6.45, 7) is 2.81. The van der Waals surface area contributed by atoms with Crippen molar-refractivity contribution < 1.29 is 18.3 Å². The van der Waals surface area contributed by atoms with Crippen LogP contribution in [0.15, 0.2) is 11.6 Å². The Balaban J connectivity index is 1.54. The predicted octanol–water partition coefficient (Wildman–Crippen LogP) is 2.17. The van der Waals surface area contributed by atoms with Gasteiger partial charge in [-0.05, 0) is 12.5 Å². The second-order valence-electron chi connectivity index (χ2n) is 6.20. The monoisotopic (exact) mass is 354 g/mol. The summed E-state index contributed by atoms with van der Waals surface area (Å²) in [7, 11) is 1.60. The number of ether oxygens (including phenoxy) is 1. The quantitative estimate of drug-likeness (QED) is 0.826. The van der Waals surface area contributed by atoms with E-state index in [4.69, 9.17) is 4.74 Å². The van der Waals surface area contributed by atoms with E-state index in [1.165, 1.54) is 17.4 Å². The minimum Gasteiger partial charge on any atom is -0.377 e. The third kappa shape index (κ3) is 2.51. The molecule has 2 aromatic rings. The van der Waals surface area contributed by atoms with Crippen molar-refractivity contribution in [2.75, 3.05) is 13.7 Å². The van der Waals surface area contributed by atoms with E-state index in [2.05, 4.69) is 10.1 Å². The number of halogens is 2. The highest BCUT2D eigenvalue weighted by Gasteiger charge is 2.59. The van der Waals surface area contributed by atoms with Crippen molar-refractivity contribution in [3.63, 3.8) is 0 Å². The smallest absolute Gasteiger partial charge is 0.255 e. The molecule has 0 N–H and O–H groups in total. The van der Waals surface area contributed by atoms with E-state index in [9.17, 15) is 13.6 Å². The number of nitrogens with zero attached hydrogens (tertiary/aromatic N) is 4. The Kier molecular flexibility index (Phi) is 3.47. The van der Waals surface area contributed by atoms with Crippen molar-refractivity contribution in [2.45, 2.75) is 32.4 Å². The Labute approximate surface area is 140 Å². The third-order valence-electron chi connectivity index (χ3n) is 4.41. The molecule has 1 unspecified atom stereocenters. The zero-order valence-electron chi connectivity index (χ0n) is 13.3. The van der Waals surface area contributed by atoms with Crippen LogP contribution >= 0.6 is 11.3 Å². The van der Waals surface area contributed by atoms with Gasteiger partial charge in [-0.2, -0.15) is 5.10 Å². The van der Waals surface area contributed by atoms with Gasteiger partial charge in [0, 0.05) is 26.2 Å². The van der Waals surface area contributed by atoms with Gasteiger partial charge in [0.1, 0.15) is 5.01 Å². The van der Waals surface area contributed by atoms with E-state index < -0.39 is 11.8 Å². The second-order valence-corrected chi connectivity index (χ2v) is 7.24. The van der Waals surface area contributed by atoms with Crippen LogP contribution in [-0.4, -0.2) is 45.0 Å².